The highest BCUT2D eigenvalue weighted by molar-refractivity contribution is 5.79. The van der Waals surface area contributed by atoms with E-state index in [4.69, 9.17) is 4.42 Å². The maximum Gasteiger partial charge on any atom is 0.420 e. The molecule has 0 aliphatic carbocycles. The number of carbonyl (C=O) groups excluding carboxylic acids is 1. The first kappa shape index (κ1) is 17.5. The molecule has 1 amide bonds. The van der Waals surface area contributed by atoms with Crippen molar-refractivity contribution in [1.82, 2.24) is 14.4 Å². The van der Waals surface area contributed by atoms with Gasteiger partial charge in [-0.05, 0) is 24.6 Å². The Labute approximate surface area is 157 Å². The van der Waals surface area contributed by atoms with E-state index in [0.29, 0.717) is 24.2 Å². The van der Waals surface area contributed by atoms with Crippen LogP contribution in [0, 0.1) is 6.92 Å². The number of hydrogen-bond donors (Lipinski definition) is 0. The number of hydrogen-bond acceptors (Lipinski definition) is 4. The number of aryl methyl sites for hydroxylation is 1. The van der Waals surface area contributed by atoms with Crippen LogP contribution in [0.1, 0.15) is 11.1 Å². The Bertz CT molecular complexity index is 1010. The van der Waals surface area contributed by atoms with Crippen molar-refractivity contribution >= 4 is 17.0 Å². The number of fused-ring (bicyclic) bond motifs is 1. The number of amides is 1. The van der Waals surface area contributed by atoms with Crippen molar-refractivity contribution in [2.75, 3.05) is 26.2 Å². The number of oxazole rings is 1. The van der Waals surface area contributed by atoms with E-state index < -0.39 is 5.76 Å². The molecule has 1 fully saturated rings. The number of carbonyl (C=O) groups is 1. The normalized spacial score (nSPS) is 15.4. The van der Waals surface area contributed by atoms with Crippen LogP contribution in [0.2, 0.25) is 0 Å². The molecule has 0 bridgehead atoms. The van der Waals surface area contributed by atoms with E-state index in [2.05, 4.69) is 36.1 Å². The second kappa shape index (κ2) is 7.40. The molecule has 0 spiro atoms. The summed E-state index contributed by atoms with van der Waals surface area (Å²) in [5.41, 5.74) is 3.73. The smallest absolute Gasteiger partial charge is 0.408 e. The molecule has 140 valence electrons. The molecule has 1 aliphatic heterocycles. The molecule has 1 saturated heterocycles. The molecule has 0 unspecified atom stereocenters. The van der Waals surface area contributed by atoms with Gasteiger partial charge in [0.1, 0.15) is 6.54 Å². The number of rotatable bonds is 4. The van der Waals surface area contributed by atoms with E-state index in [1.807, 2.05) is 17.0 Å². The molecule has 4 rings (SSSR count). The van der Waals surface area contributed by atoms with Crippen molar-refractivity contribution in [1.29, 1.82) is 0 Å². The lowest BCUT2D eigenvalue weighted by Gasteiger charge is -2.34. The van der Waals surface area contributed by atoms with Crippen LogP contribution in [-0.4, -0.2) is 46.5 Å². The third kappa shape index (κ3) is 3.80. The molecule has 2 aromatic carbocycles. The second-order valence-electron chi connectivity index (χ2n) is 7.07. The van der Waals surface area contributed by atoms with Gasteiger partial charge >= 0.3 is 5.76 Å². The topological polar surface area (TPSA) is 58.7 Å². The van der Waals surface area contributed by atoms with Gasteiger partial charge in [-0.1, -0.05) is 42.0 Å². The molecule has 2 heterocycles. The van der Waals surface area contributed by atoms with Crippen LogP contribution >= 0.6 is 0 Å². The first-order valence-electron chi connectivity index (χ1n) is 9.24. The van der Waals surface area contributed by atoms with E-state index in [1.54, 1.807) is 12.1 Å². The molecule has 3 aromatic rings. The van der Waals surface area contributed by atoms with Gasteiger partial charge < -0.3 is 9.32 Å². The maximum absolute atomic E-state index is 12.7. The third-order valence-electron chi connectivity index (χ3n) is 5.08. The van der Waals surface area contributed by atoms with Gasteiger partial charge in [-0.25, -0.2) is 4.79 Å². The zero-order valence-corrected chi connectivity index (χ0v) is 15.4. The lowest BCUT2D eigenvalue weighted by atomic mass is 10.1. The molecule has 0 saturated carbocycles. The minimum absolute atomic E-state index is 0.0216. The van der Waals surface area contributed by atoms with Gasteiger partial charge in [0.2, 0.25) is 5.91 Å². The number of benzene rings is 2. The van der Waals surface area contributed by atoms with Crippen LogP contribution < -0.4 is 5.76 Å². The number of aromatic nitrogens is 1. The van der Waals surface area contributed by atoms with Gasteiger partial charge in [0.25, 0.3) is 0 Å². The largest absolute Gasteiger partial charge is 0.420 e. The fourth-order valence-electron chi connectivity index (χ4n) is 3.62. The predicted octanol–water partition coefficient (Wildman–Crippen LogP) is 2.25. The van der Waals surface area contributed by atoms with Crippen LogP contribution in [0.25, 0.3) is 11.1 Å². The summed E-state index contributed by atoms with van der Waals surface area (Å²) >= 11 is 0. The molecule has 27 heavy (non-hydrogen) atoms. The second-order valence-corrected chi connectivity index (χ2v) is 7.07. The van der Waals surface area contributed by atoms with Crippen molar-refractivity contribution in [3.8, 4) is 0 Å². The summed E-state index contributed by atoms with van der Waals surface area (Å²) < 4.78 is 6.62. The van der Waals surface area contributed by atoms with Crippen LogP contribution in [0.3, 0.4) is 0 Å². The van der Waals surface area contributed by atoms with Gasteiger partial charge in [-0.2, -0.15) is 0 Å². The Balaban J connectivity index is 1.37. The lowest BCUT2D eigenvalue weighted by molar-refractivity contribution is -0.133. The first-order valence-corrected chi connectivity index (χ1v) is 9.24. The van der Waals surface area contributed by atoms with Gasteiger partial charge in [0.15, 0.2) is 5.58 Å². The minimum atomic E-state index is -0.484. The molecule has 0 radical (unpaired) electrons. The molecule has 1 aromatic heterocycles. The summed E-state index contributed by atoms with van der Waals surface area (Å²) in [6.45, 7) is 6.04. The SMILES string of the molecule is Cc1cccc(CN2CCN(C(=O)Cn3c(=O)oc4ccccc43)CC2)c1. The third-order valence-corrected chi connectivity index (χ3v) is 5.08. The highest BCUT2D eigenvalue weighted by atomic mass is 16.4. The van der Waals surface area contributed by atoms with Crippen LogP contribution in [-0.2, 0) is 17.9 Å². The molecule has 6 nitrogen and oxygen atoms in total. The van der Waals surface area contributed by atoms with Crippen molar-refractivity contribution in [3.05, 3.63) is 70.2 Å². The zero-order chi connectivity index (χ0) is 18.8. The van der Waals surface area contributed by atoms with Gasteiger partial charge in [-0.15, -0.1) is 0 Å². The summed E-state index contributed by atoms with van der Waals surface area (Å²) in [6, 6.07) is 15.7. The Morgan fingerprint density at radius 3 is 2.59 bits per heavy atom. The minimum Gasteiger partial charge on any atom is -0.408 e. The number of piperazine rings is 1. The van der Waals surface area contributed by atoms with Crippen molar-refractivity contribution in [2.24, 2.45) is 0 Å². The van der Waals surface area contributed by atoms with E-state index in [-0.39, 0.29) is 12.5 Å². The average Bonchev–Trinajstić information content (AvgIpc) is 2.98. The van der Waals surface area contributed by atoms with E-state index >= 15 is 0 Å². The maximum atomic E-state index is 12.7. The fourth-order valence-corrected chi connectivity index (χ4v) is 3.62. The first-order chi connectivity index (χ1) is 13.1. The summed E-state index contributed by atoms with van der Waals surface area (Å²) in [4.78, 5) is 28.9. The van der Waals surface area contributed by atoms with Crippen molar-refractivity contribution < 1.29 is 9.21 Å². The molecular weight excluding hydrogens is 342 g/mol. The highest BCUT2D eigenvalue weighted by Gasteiger charge is 2.22. The summed E-state index contributed by atoms with van der Waals surface area (Å²) in [7, 11) is 0. The fraction of sp³-hybridized carbons (Fsp3) is 0.333. The molecule has 0 atom stereocenters. The highest BCUT2D eigenvalue weighted by Crippen LogP contribution is 2.13. The van der Waals surface area contributed by atoms with Crippen LogP contribution in [0.4, 0.5) is 0 Å². The van der Waals surface area contributed by atoms with E-state index in [9.17, 15) is 9.59 Å². The average molecular weight is 365 g/mol. The monoisotopic (exact) mass is 365 g/mol. The summed E-state index contributed by atoms with van der Waals surface area (Å²) in [5, 5.41) is 0. The zero-order valence-electron chi connectivity index (χ0n) is 15.4. The van der Waals surface area contributed by atoms with E-state index in [0.717, 1.165) is 19.6 Å². The van der Waals surface area contributed by atoms with Crippen LogP contribution in [0.15, 0.2) is 57.7 Å². The van der Waals surface area contributed by atoms with Gasteiger partial charge in [0.05, 0.1) is 5.52 Å². The number of para-hydroxylation sites is 2. The van der Waals surface area contributed by atoms with Crippen LogP contribution in [0.5, 0.6) is 0 Å². The Kier molecular flexibility index (Phi) is 4.81. The Morgan fingerprint density at radius 1 is 1.04 bits per heavy atom. The Morgan fingerprint density at radius 2 is 1.81 bits per heavy atom. The predicted molar refractivity (Wildman–Crippen MR) is 104 cm³/mol. The van der Waals surface area contributed by atoms with Crippen molar-refractivity contribution in [3.63, 3.8) is 0 Å². The molecule has 1 aliphatic rings. The summed E-state index contributed by atoms with van der Waals surface area (Å²) in [6.07, 6.45) is 0. The number of nitrogens with zero attached hydrogens (tertiary/aromatic N) is 3. The quantitative estimate of drug-likeness (QED) is 0.712. The van der Waals surface area contributed by atoms with Gasteiger partial charge in [0, 0.05) is 32.7 Å². The lowest BCUT2D eigenvalue weighted by Crippen LogP contribution is -2.49. The molecule has 6 heteroatoms. The Hall–Kier alpha value is -2.86. The molecule has 0 N–H and O–H groups in total. The van der Waals surface area contributed by atoms with Crippen molar-refractivity contribution in [2.45, 2.75) is 20.0 Å². The molecular formula is C21H23N3O3. The standard InChI is InChI=1S/C21H23N3O3/c1-16-5-4-6-17(13-16)14-22-9-11-23(12-10-22)20(25)15-24-18-7-2-3-8-19(18)27-21(24)26/h2-8,13H,9-12,14-15H2,1H3. The van der Waals surface area contributed by atoms with E-state index in [1.165, 1.54) is 15.7 Å². The summed E-state index contributed by atoms with van der Waals surface area (Å²) in [5.74, 6) is -0.526. The van der Waals surface area contributed by atoms with Gasteiger partial charge in [-0.3, -0.25) is 14.3 Å².